The zero-order chi connectivity index (χ0) is 11.2. The molecule has 4 heteroatoms. The van der Waals surface area contributed by atoms with Crippen molar-refractivity contribution in [2.24, 2.45) is 5.41 Å². The van der Waals surface area contributed by atoms with E-state index in [4.69, 9.17) is 0 Å². The summed E-state index contributed by atoms with van der Waals surface area (Å²) >= 11 is 2.87. The Bertz CT molecular complexity index is 438. The molecule has 1 aromatic rings. The van der Waals surface area contributed by atoms with Crippen LogP contribution in [0.2, 0.25) is 0 Å². The highest BCUT2D eigenvalue weighted by molar-refractivity contribution is 9.10. The quantitative estimate of drug-likeness (QED) is 0.594. The highest BCUT2D eigenvalue weighted by Crippen LogP contribution is 2.48. The van der Waals surface area contributed by atoms with E-state index in [0.717, 1.165) is 25.0 Å². The monoisotopic (exact) mass is 274 g/mol. The summed E-state index contributed by atoms with van der Waals surface area (Å²) in [6.45, 7) is 1.77. The summed E-state index contributed by atoms with van der Waals surface area (Å²) in [6.07, 6.45) is 1.51. The van der Waals surface area contributed by atoms with Gasteiger partial charge < -0.3 is 0 Å². The number of Topliss-reactive ketones (excluding diaryl/α,β-unsaturated/α-hetero) is 1. The van der Waals surface area contributed by atoms with Gasteiger partial charge in [0.25, 0.3) is 0 Å². The normalized spacial score (nSPS) is 17.6. The van der Waals surface area contributed by atoms with Crippen molar-refractivity contribution in [3.63, 3.8) is 0 Å². The number of hydrogen-bond donors (Lipinski definition) is 0. The van der Waals surface area contributed by atoms with E-state index >= 15 is 0 Å². The molecule has 0 bridgehead atoms. The van der Waals surface area contributed by atoms with Gasteiger partial charge in [-0.25, -0.2) is 8.78 Å². The van der Waals surface area contributed by atoms with Crippen molar-refractivity contribution in [1.29, 1.82) is 0 Å². The first kappa shape index (κ1) is 10.7. The molecule has 0 heterocycles. The van der Waals surface area contributed by atoms with E-state index in [2.05, 4.69) is 15.9 Å². The largest absolute Gasteiger partial charge is 0.293 e. The second kappa shape index (κ2) is 3.37. The van der Waals surface area contributed by atoms with Crippen molar-refractivity contribution in [1.82, 2.24) is 0 Å². The fourth-order valence-corrected chi connectivity index (χ4v) is 1.75. The summed E-state index contributed by atoms with van der Waals surface area (Å²) in [7, 11) is 0. The predicted molar refractivity (Wildman–Crippen MR) is 55.7 cm³/mol. The number of rotatable bonds is 2. The molecule has 0 N–H and O–H groups in total. The molecule has 15 heavy (non-hydrogen) atoms. The molecule has 0 aliphatic heterocycles. The van der Waals surface area contributed by atoms with Crippen molar-refractivity contribution >= 4 is 21.7 Å². The minimum Gasteiger partial charge on any atom is -0.293 e. The van der Waals surface area contributed by atoms with Crippen LogP contribution in [0.25, 0.3) is 0 Å². The minimum absolute atomic E-state index is 0.0394. The molecule has 0 amide bonds. The SMILES string of the molecule is CC1(C(=O)c2cc(F)c(Br)cc2F)CC1. The van der Waals surface area contributed by atoms with E-state index < -0.39 is 17.0 Å². The van der Waals surface area contributed by atoms with E-state index in [1.54, 1.807) is 6.92 Å². The third-order valence-electron chi connectivity index (χ3n) is 2.80. The van der Waals surface area contributed by atoms with Crippen molar-refractivity contribution in [3.05, 3.63) is 33.8 Å². The lowest BCUT2D eigenvalue weighted by Crippen LogP contribution is -2.14. The second-order valence-electron chi connectivity index (χ2n) is 4.14. The molecule has 0 radical (unpaired) electrons. The molecule has 80 valence electrons. The number of hydrogen-bond acceptors (Lipinski definition) is 1. The van der Waals surface area contributed by atoms with E-state index in [1.807, 2.05) is 0 Å². The van der Waals surface area contributed by atoms with Gasteiger partial charge in [0.1, 0.15) is 11.6 Å². The number of carbonyl (C=O) groups excluding carboxylic acids is 1. The van der Waals surface area contributed by atoms with E-state index in [9.17, 15) is 13.6 Å². The Balaban J connectivity index is 2.44. The lowest BCUT2D eigenvalue weighted by atomic mass is 9.96. The Kier molecular flexibility index (Phi) is 2.41. The van der Waals surface area contributed by atoms with Gasteiger partial charge in [0, 0.05) is 5.41 Å². The highest BCUT2D eigenvalue weighted by atomic mass is 79.9. The van der Waals surface area contributed by atoms with Gasteiger partial charge in [0.05, 0.1) is 10.0 Å². The molecule has 1 nitrogen and oxygen atoms in total. The van der Waals surface area contributed by atoms with Gasteiger partial charge in [0.15, 0.2) is 5.78 Å². The maximum Gasteiger partial charge on any atom is 0.171 e. The van der Waals surface area contributed by atoms with Crippen LogP contribution in [-0.2, 0) is 0 Å². The van der Waals surface area contributed by atoms with Crippen LogP contribution >= 0.6 is 15.9 Å². The third-order valence-corrected chi connectivity index (χ3v) is 3.41. The molecule has 0 unspecified atom stereocenters. The van der Waals surface area contributed by atoms with Crippen LogP contribution < -0.4 is 0 Å². The van der Waals surface area contributed by atoms with Gasteiger partial charge in [0.2, 0.25) is 0 Å². The Hall–Kier alpha value is -0.770. The first-order chi connectivity index (χ1) is 6.94. The van der Waals surface area contributed by atoms with Crippen LogP contribution in [0, 0.1) is 17.0 Å². The standard InChI is InChI=1S/C11H9BrF2O/c1-11(2-3-11)10(15)6-4-9(14)7(12)5-8(6)13/h4-5H,2-3H2,1H3. The number of ketones is 1. The van der Waals surface area contributed by atoms with Crippen molar-refractivity contribution in [2.75, 3.05) is 0 Å². The fourth-order valence-electron chi connectivity index (χ4n) is 1.44. The van der Waals surface area contributed by atoms with Crippen molar-refractivity contribution in [3.8, 4) is 0 Å². The highest BCUT2D eigenvalue weighted by Gasteiger charge is 2.45. The molecule has 1 aromatic carbocycles. The molecular formula is C11H9BrF2O. The number of benzene rings is 1. The summed E-state index contributed by atoms with van der Waals surface area (Å²) in [6, 6.07) is 1.96. The Labute approximate surface area is 94.6 Å². The van der Waals surface area contributed by atoms with Crippen LogP contribution in [-0.4, -0.2) is 5.78 Å². The average Bonchev–Trinajstić information content (AvgIpc) is 2.90. The molecule has 1 aliphatic carbocycles. The Morgan fingerprint density at radius 2 is 1.93 bits per heavy atom. The molecule has 0 spiro atoms. The second-order valence-corrected chi connectivity index (χ2v) is 4.99. The van der Waals surface area contributed by atoms with Gasteiger partial charge in [-0.05, 0) is 40.9 Å². The summed E-state index contributed by atoms with van der Waals surface area (Å²) in [5.41, 5.74) is -0.614. The molecular weight excluding hydrogens is 266 g/mol. The molecule has 0 saturated heterocycles. The number of halogens is 3. The average molecular weight is 275 g/mol. The zero-order valence-electron chi connectivity index (χ0n) is 8.11. The lowest BCUT2D eigenvalue weighted by Gasteiger charge is -2.08. The fraction of sp³-hybridized carbons (Fsp3) is 0.364. The van der Waals surface area contributed by atoms with Crippen LogP contribution in [0.15, 0.2) is 16.6 Å². The van der Waals surface area contributed by atoms with E-state index in [0.29, 0.717) is 0 Å². The smallest absolute Gasteiger partial charge is 0.171 e. The van der Waals surface area contributed by atoms with Gasteiger partial charge in [-0.1, -0.05) is 6.92 Å². The Morgan fingerprint density at radius 3 is 2.47 bits per heavy atom. The van der Waals surface area contributed by atoms with Gasteiger partial charge in [-0.3, -0.25) is 4.79 Å². The predicted octanol–water partition coefficient (Wildman–Crippen LogP) is 3.71. The third kappa shape index (κ3) is 1.83. The minimum atomic E-state index is -0.665. The van der Waals surface area contributed by atoms with E-state index in [1.165, 1.54) is 0 Å². The summed E-state index contributed by atoms with van der Waals surface area (Å²) in [4.78, 5) is 11.8. The molecule has 1 fully saturated rings. The van der Waals surface area contributed by atoms with Crippen molar-refractivity contribution < 1.29 is 13.6 Å². The summed E-state index contributed by atoms with van der Waals surface area (Å²) < 4.78 is 26.6. The zero-order valence-corrected chi connectivity index (χ0v) is 9.70. The molecule has 0 atom stereocenters. The van der Waals surface area contributed by atoms with Gasteiger partial charge >= 0.3 is 0 Å². The first-order valence-corrected chi connectivity index (χ1v) is 5.43. The summed E-state index contributed by atoms with van der Waals surface area (Å²) in [5.74, 6) is -1.57. The number of carbonyl (C=O) groups is 1. The topological polar surface area (TPSA) is 17.1 Å². The van der Waals surface area contributed by atoms with Gasteiger partial charge in [-0.15, -0.1) is 0 Å². The Morgan fingerprint density at radius 1 is 1.33 bits per heavy atom. The maximum atomic E-state index is 13.4. The van der Waals surface area contributed by atoms with Crippen LogP contribution in [0.5, 0.6) is 0 Å². The molecule has 0 aromatic heterocycles. The van der Waals surface area contributed by atoms with Crippen LogP contribution in [0.4, 0.5) is 8.78 Å². The first-order valence-electron chi connectivity index (χ1n) is 4.63. The molecule has 1 saturated carbocycles. The molecule has 2 rings (SSSR count). The van der Waals surface area contributed by atoms with Crippen molar-refractivity contribution in [2.45, 2.75) is 19.8 Å². The van der Waals surface area contributed by atoms with Crippen LogP contribution in [0.3, 0.4) is 0 Å². The van der Waals surface area contributed by atoms with Crippen LogP contribution in [0.1, 0.15) is 30.1 Å². The van der Waals surface area contributed by atoms with Gasteiger partial charge in [-0.2, -0.15) is 0 Å². The maximum absolute atomic E-state index is 13.4. The lowest BCUT2D eigenvalue weighted by molar-refractivity contribution is 0.0908. The van der Waals surface area contributed by atoms with E-state index in [-0.39, 0.29) is 15.8 Å². The summed E-state index contributed by atoms with van der Waals surface area (Å²) in [5, 5.41) is 0. The molecule has 1 aliphatic rings.